The van der Waals surface area contributed by atoms with E-state index in [2.05, 4.69) is 15.4 Å². The Bertz CT molecular complexity index is 878. The van der Waals surface area contributed by atoms with Crippen molar-refractivity contribution in [1.82, 2.24) is 25.0 Å². The number of carbonyl (C=O) groups is 2. The SMILES string of the molecule is CC(C)(C)C(N)C(=O)N1CCCC1C(=O)NCc1cc(Cl)ccc1-n1cncn1. The minimum Gasteiger partial charge on any atom is -0.350 e. The number of benzene rings is 1. The van der Waals surface area contributed by atoms with Crippen molar-refractivity contribution >= 4 is 23.4 Å². The Hall–Kier alpha value is -2.45. The Morgan fingerprint density at radius 3 is 2.79 bits per heavy atom. The summed E-state index contributed by atoms with van der Waals surface area (Å²) in [4.78, 5) is 31.3. The zero-order valence-corrected chi connectivity index (χ0v) is 17.7. The van der Waals surface area contributed by atoms with Crippen molar-refractivity contribution in [2.45, 2.75) is 52.2 Å². The van der Waals surface area contributed by atoms with E-state index in [0.29, 0.717) is 18.0 Å². The van der Waals surface area contributed by atoms with Gasteiger partial charge < -0.3 is 16.0 Å². The number of aromatic nitrogens is 3. The van der Waals surface area contributed by atoms with Gasteiger partial charge in [0.05, 0.1) is 11.7 Å². The molecule has 1 fully saturated rings. The highest BCUT2D eigenvalue weighted by atomic mass is 35.5. The highest BCUT2D eigenvalue weighted by molar-refractivity contribution is 6.30. The molecule has 1 aromatic carbocycles. The lowest BCUT2D eigenvalue weighted by atomic mass is 9.86. The molecule has 2 atom stereocenters. The lowest BCUT2D eigenvalue weighted by molar-refractivity contribution is -0.141. The lowest BCUT2D eigenvalue weighted by Gasteiger charge is -2.32. The molecule has 2 unspecified atom stereocenters. The average Bonchev–Trinajstić information content (AvgIpc) is 3.36. The van der Waals surface area contributed by atoms with E-state index >= 15 is 0 Å². The number of rotatable bonds is 5. The summed E-state index contributed by atoms with van der Waals surface area (Å²) in [7, 11) is 0. The third-order valence-electron chi connectivity index (χ3n) is 5.20. The molecule has 2 amide bonds. The van der Waals surface area contributed by atoms with Gasteiger partial charge in [0.25, 0.3) is 0 Å². The second-order valence-corrected chi connectivity index (χ2v) is 8.80. The summed E-state index contributed by atoms with van der Waals surface area (Å²) in [6, 6.07) is 4.21. The molecule has 0 saturated carbocycles. The predicted molar refractivity (Wildman–Crippen MR) is 110 cm³/mol. The van der Waals surface area contributed by atoms with E-state index in [9.17, 15) is 9.59 Å². The molecule has 0 radical (unpaired) electrons. The van der Waals surface area contributed by atoms with Gasteiger partial charge >= 0.3 is 0 Å². The van der Waals surface area contributed by atoms with Crippen molar-refractivity contribution in [3.8, 4) is 5.69 Å². The van der Waals surface area contributed by atoms with Crippen LogP contribution in [0, 0.1) is 5.41 Å². The normalized spacial score (nSPS) is 18.0. The van der Waals surface area contributed by atoms with E-state index in [0.717, 1.165) is 17.7 Å². The number of nitrogens with zero attached hydrogens (tertiary/aromatic N) is 4. The first-order chi connectivity index (χ1) is 13.7. The zero-order valence-electron chi connectivity index (χ0n) is 16.9. The summed E-state index contributed by atoms with van der Waals surface area (Å²) in [6.45, 7) is 6.57. The molecular formula is C20H27ClN6O2. The van der Waals surface area contributed by atoms with Gasteiger partial charge in [-0.3, -0.25) is 9.59 Å². The van der Waals surface area contributed by atoms with E-state index in [1.165, 1.54) is 6.33 Å². The fourth-order valence-electron chi connectivity index (χ4n) is 3.40. The predicted octanol–water partition coefficient (Wildman–Crippen LogP) is 1.90. The van der Waals surface area contributed by atoms with Crippen molar-refractivity contribution in [2.75, 3.05) is 6.54 Å². The van der Waals surface area contributed by atoms with Crippen molar-refractivity contribution in [3.63, 3.8) is 0 Å². The third-order valence-corrected chi connectivity index (χ3v) is 5.43. The summed E-state index contributed by atoms with van der Waals surface area (Å²) in [5.41, 5.74) is 7.36. The minimum atomic E-state index is -0.650. The van der Waals surface area contributed by atoms with E-state index in [1.807, 2.05) is 26.8 Å². The lowest BCUT2D eigenvalue weighted by Crippen LogP contribution is -2.54. The molecule has 8 nitrogen and oxygen atoms in total. The van der Waals surface area contributed by atoms with Crippen LogP contribution < -0.4 is 11.1 Å². The van der Waals surface area contributed by atoms with Crippen LogP contribution in [-0.4, -0.2) is 50.1 Å². The highest BCUT2D eigenvalue weighted by Crippen LogP contribution is 2.25. The zero-order chi connectivity index (χ0) is 21.2. The number of carbonyl (C=O) groups excluding carboxylic acids is 2. The second kappa shape index (κ2) is 8.51. The van der Waals surface area contributed by atoms with Crippen LogP contribution in [-0.2, 0) is 16.1 Å². The molecular weight excluding hydrogens is 392 g/mol. The smallest absolute Gasteiger partial charge is 0.243 e. The molecule has 29 heavy (non-hydrogen) atoms. The third kappa shape index (κ3) is 4.76. The molecule has 0 spiro atoms. The van der Waals surface area contributed by atoms with Crippen LogP contribution in [0.3, 0.4) is 0 Å². The van der Waals surface area contributed by atoms with Crippen LogP contribution in [0.1, 0.15) is 39.2 Å². The van der Waals surface area contributed by atoms with Gasteiger partial charge in [0.15, 0.2) is 0 Å². The van der Waals surface area contributed by atoms with Gasteiger partial charge in [-0.15, -0.1) is 0 Å². The highest BCUT2D eigenvalue weighted by Gasteiger charge is 2.39. The molecule has 0 aliphatic carbocycles. The first kappa shape index (κ1) is 21.3. The Balaban J connectivity index is 1.71. The topological polar surface area (TPSA) is 106 Å². The van der Waals surface area contributed by atoms with Crippen molar-refractivity contribution < 1.29 is 9.59 Å². The number of hydrogen-bond acceptors (Lipinski definition) is 5. The van der Waals surface area contributed by atoms with E-state index in [4.69, 9.17) is 17.3 Å². The summed E-state index contributed by atoms with van der Waals surface area (Å²) >= 11 is 6.14. The van der Waals surface area contributed by atoms with Crippen LogP contribution in [0.25, 0.3) is 5.69 Å². The maximum Gasteiger partial charge on any atom is 0.243 e. The van der Waals surface area contributed by atoms with Crippen LogP contribution in [0.4, 0.5) is 0 Å². The van der Waals surface area contributed by atoms with E-state index < -0.39 is 12.1 Å². The summed E-state index contributed by atoms with van der Waals surface area (Å²) in [5, 5.41) is 7.64. The van der Waals surface area contributed by atoms with Crippen molar-refractivity contribution in [3.05, 3.63) is 41.4 Å². The molecule has 3 rings (SSSR count). The number of halogens is 1. The Kier molecular flexibility index (Phi) is 6.24. The van der Waals surface area contributed by atoms with Gasteiger partial charge in [-0.05, 0) is 42.0 Å². The maximum absolute atomic E-state index is 12.9. The van der Waals surface area contributed by atoms with Crippen molar-refractivity contribution in [1.29, 1.82) is 0 Å². The van der Waals surface area contributed by atoms with Gasteiger partial charge in [0.1, 0.15) is 18.7 Å². The molecule has 2 aromatic rings. The first-order valence-electron chi connectivity index (χ1n) is 9.65. The maximum atomic E-state index is 12.9. The number of hydrogen-bond donors (Lipinski definition) is 2. The Morgan fingerprint density at radius 2 is 2.14 bits per heavy atom. The fourth-order valence-corrected chi connectivity index (χ4v) is 3.60. The van der Waals surface area contributed by atoms with E-state index in [-0.39, 0.29) is 23.8 Å². The molecule has 0 bridgehead atoms. The van der Waals surface area contributed by atoms with E-state index in [1.54, 1.807) is 28.0 Å². The summed E-state index contributed by atoms with van der Waals surface area (Å²) in [6.07, 6.45) is 4.43. The van der Waals surface area contributed by atoms with Crippen LogP contribution >= 0.6 is 11.6 Å². The number of amides is 2. The quantitative estimate of drug-likeness (QED) is 0.771. The molecule has 1 saturated heterocycles. The molecule has 1 aromatic heterocycles. The summed E-state index contributed by atoms with van der Waals surface area (Å²) in [5.74, 6) is -0.373. The van der Waals surface area contributed by atoms with Crippen LogP contribution in [0.5, 0.6) is 0 Å². The van der Waals surface area contributed by atoms with Gasteiger partial charge in [-0.25, -0.2) is 9.67 Å². The molecule has 156 valence electrons. The molecule has 2 heterocycles. The fraction of sp³-hybridized carbons (Fsp3) is 0.500. The first-order valence-corrected chi connectivity index (χ1v) is 10.0. The molecule has 1 aliphatic heterocycles. The summed E-state index contributed by atoms with van der Waals surface area (Å²) < 4.78 is 1.62. The number of likely N-dealkylation sites (tertiary alicyclic amines) is 1. The Labute approximate surface area is 175 Å². The molecule has 3 N–H and O–H groups in total. The van der Waals surface area contributed by atoms with Gasteiger partial charge in [-0.2, -0.15) is 5.10 Å². The monoisotopic (exact) mass is 418 g/mol. The molecule has 9 heteroatoms. The largest absolute Gasteiger partial charge is 0.350 e. The van der Waals surface area contributed by atoms with Crippen LogP contribution in [0.2, 0.25) is 5.02 Å². The average molecular weight is 419 g/mol. The standard InChI is InChI=1S/C20H27ClN6O2/c1-20(2,3)17(22)19(29)26-8-4-5-16(26)18(28)24-10-13-9-14(21)6-7-15(13)27-12-23-11-25-27/h6-7,9,11-12,16-17H,4-5,8,10,22H2,1-3H3,(H,24,28). The minimum absolute atomic E-state index is 0.179. The number of nitrogens with one attached hydrogen (secondary N) is 1. The van der Waals surface area contributed by atoms with Crippen molar-refractivity contribution in [2.24, 2.45) is 11.1 Å². The van der Waals surface area contributed by atoms with Gasteiger partial charge in [-0.1, -0.05) is 32.4 Å². The van der Waals surface area contributed by atoms with Gasteiger partial charge in [0.2, 0.25) is 11.8 Å². The number of nitrogens with two attached hydrogens (primary N) is 1. The second-order valence-electron chi connectivity index (χ2n) is 8.36. The Morgan fingerprint density at radius 1 is 1.38 bits per heavy atom. The van der Waals surface area contributed by atoms with Crippen LogP contribution in [0.15, 0.2) is 30.9 Å². The van der Waals surface area contributed by atoms with Gasteiger partial charge in [0, 0.05) is 18.1 Å². The molecule has 1 aliphatic rings.